The van der Waals surface area contributed by atoms with E-state index in [1.165, 1.54) is 9.70 Å². The van der Waals surface area contributed by atoms with Gasteiger partial charge in [0.1, 0.15) is 0 Å². The van der Waals surface area contributed by atoms with Crippen LogP contribution in [0.1, 0.15) is 20.8 Å². The SMILES string of the molecule is CCN(C(=O)C(=O)Nc1ccc(-n2nccn2)cc1)C(C)C. The van der Waals surface area contributed by atoms with Gasteiger partial charge in [-0.1, -0.05) is 0 Å². The first-order valence-electron chi connectivity index (χ1n) is 7.11. The Bertz CT molecular complexity index is 634. The summed E-state index contributed by atoms with van der Waals surface area (Å²) in [5.74, 6) is -1.17. The van der Waals surface area contributed by atoms with Gasteiger partial charge in [0, 0.05) is 18.3 Å². The maximum absolute atomic E-state index is 12.1. The van der Waals surface area contributed by atoms with Gasteiger partial charge in [0.05, 0.1) is 18.1 Å². The van der Waals surface area contributed by atoms with E-state index in [9.17, 15) is 9.59 Å². The van der Waals surface area contributed by atoms with Gasteiger partial charge in [0.25, 0.3) is 0 Å². The first-order chi connectivity index (χ1) is 10.5. The number of anilines is 1. The number of hydrogen-bond acceptors (Lipinski definition) is 4. The second-order valence-corrected chi connectivity index (χ2v) is 5.00. The molecule has 0 atom stereocenters. The summed E-state index contributed by atoms with van der Waals surface area (Å²) in [6.07, 6.45) is 3.17. The largest absolute Gasteiger partial charge is 0.332 e. The number of carbonyl (C=O) groups is 2. The first kappa shape index (κ1) is 15.7. The minimum Gasteiger partial charge on any atom is -0.332 e. The van der Waals surface area contributed by atoms with Crippen LogP contribution in [0.3, 0.4) is 0 Å². The summed E-state index contributed by atoms with van der Waals surface area (Å²) in [5, 5.41) is 10.6. The minimum atomic E-state index is -0.638. The molecule has 116 valence electrons. The molecule has 0 saturated carbocycles. The molecule has 0 radical (unpaired) electrons. The van der Waals surface area contributed by atoms with Crippen molar-refractivity contribution in [1.82, 2.24) is 19.9 Å². The number of amides is 2. The highest BCUT2D eigenvalue weighted by Gasteiger charge is 2.22. The van der Waals surface area contributed by atoms with E-state index in [0.29, 0.717) is 12.2 Å². The van der Waals surface area contributed by atoms with Gasteiger partial charge in [-0.05, 0) is 45.0 Å². The average molecular weight is 301 g/mol. The fourth-order valence-corrected chi connectivity index (χ4v) is 2.09. The monoisotopic (exact) mass is 301 g/mol. The fourth-order valence-electron chi connectivity index (χ4n) is 2.09. The highest BCUT2D eigenvalue weighted by Crippen LogP contribution is 2.12. The van der Waals surface area contributed by atoms with E-state index in [2.05, 4.69) is 15.5 Å². The molecule has 7 nitrogen and oxygen atoms in total. The molecule has 2 aromatic rings. The van der Waals surface area contributed by atoms with Crippen LogP contribution in [0.15, 0.2) is 36.7 Å². The number of hydrogen-bond donors (Lipinski definition) is 1. The van der Waals surface area contributed by atoms with Gasteiger partial charge in [-0.3, -0.25) is 9.59 Å². The van der Waals surface area contributed by atoms with Crippen molar-refractivity contribution in [2.45, 2.75) is 26.8 Å². The normalized spacial score (nSPS) is 10.5. The van der Waals surface area contributed by atoms with Crippen LogP contribution in [0.2, 0.25) is 0 Å². The molecule has 0 saturated heterocycles. The zero-order valence-electron chi connectivity index (χ0n) is 12.9. The third-order valence-electron chi connectivity index (χ3n) is 3.19. The molecule has 22 heavy (non-hydrogen) atoms. The Morgan fingerprint density at radius 1 is 1.18 bits per heavy atom. The summed E-state index contributed by atoms with van der Waals surface area (Å²) in [6, 6.07) is 6.92. The van der Waals surface area contributed by atoms with E-state index in [0.717, 1.165) is 5.69 Å². The highest BCUT2D eigenvalue weighted by atomic mass is 16.2. The van der Waals surface area contributed by atoms with Crippen LogP contribution < -0.4 is 5.32 Å². The van der Waals surface area contributed by atoms with Crippen molar-refractivity contribution in [3.63, 3.8) is 0 Å². The van der Waals surface area contributed by atoms with Gasteiger partial charge >= 0.3 is 11.8 Å². The van der Waals surface area contributed by atoms with Crippen molar-refractivity contribution in [2.24, 2.45) is 0 Å². The van der Waals surface area contributed by atoms with E-state index >= 15 is 0 Å². The number of nitrogens with zero attached hydrogens (tertiary/aromatic N) is 4. The molecule has 0 unspecified atom stereocenters. The van der Waals surface area contributed by atoms with E-state index in [1.807, 2.05) is 20.8 Å². The number of benzene rings is 1. The summed E-state index contributed by atoms with van der Waals surface area (Å²) in [4.78, 5) is 27.0. The molecule has 0 aliphatic rings. The predicted molar refractivity (Wildman–Crippen MR) is 82.5 cm³/mol. The summed E-state index contributed by atoms with van der Waals surface area (Å²) >= 11 is 0. The molecular formula is C15H19N5O2. The molecular weight excluding hydrogens is 282 g/mol. The summed E-state index contributed by atoms with van der Waals surface area (Å²) in [6.45, 7) is 6.09. The molecule has 0 fully saturated rings. The second-order valence-electron chi connectivity index (χ2n) is 5.00. The topological polar surface area (TPSA) is 80.1 Å². The average Bonchev–Trinajstić information content (AvgIpc) is 3.02. The molecule has 0 aliphatic carbocycles. The summed E-state index contributed by atoms with van der Waals surface area (Å²) < 4.78 is 0. The zero-order chi connectivity index (χ0) is 16.1. The Kier molecular flexibility index (Phi) is 4.88. The Balaban J connectivity index is 2.04. The van der Waals surface area contributed by atoms with Crippen molar-refractivity contribution in [3.8, 4) is 5.69 Å². The Morgan fingerprint density at radius 3 is 2.27 bits per heavy atom. The molecule has 1 N–H and O–H groups in total. The molecule has 0 spiro atoms. The fraction of sp³-hybridized carbons (Fsp3) is 0.333. The van der Waals surface area contributed by atoms with Crippen LogP contribution in [0, 0.1) is 0 Å². The molecule has 1 heterocycles. The third kappa shape index (κ3) is 3.49. The zero-order valence-corrected chi connectivity index (χ0v) is 12.9. The Hall–Kier alpha value is -2.70. The van der Waals surface area contributed by atoms with Gasteiger partial charge in [0.2, 0.25) is 0 Å². The van der Waals surface area contributed by atoms with Crippen molar-refractivity contribution in [3.05, 3.63) is 36.7 Å². The molecule has 1 aromatic heterocycles. The number of carbonyl (C=O) groups excluding carboxylic acids is 2. The van der Waals surface area contributed by atoms with Crippen molar-refractivity contribution >= 4 is 17.5 Å². The Labute approximate surface area is 128 Å². The lowest BCUT2D eigenvalue weighted by Crippen LogP contribution is -2.43. The van der Waals surface area contributed by atoms with Crippen molar-refractivity contribution in [1.29, 1.82) is 0 Å². The number of aromatic nitrogens is 3. The van der Waals surface area contributed by atoms with Gasteiger partial charge in [-0.2, -0.15) is 15.0 Å². The van der Waals surface area contributed by atoms with Gasteiger partial charge in [-0.15, -0.1) is 0 Å². The van der Waals surface area contributed by atoms with Crippen molar-refractivity contribution < 1.29 is 9.59 Å². The molecule has 0 bridgehead atoms. The molecule has 1 aromatic carbocycles. The van der Waals surface area contributed by atoms with E-state index in [-0.39, 0.29) is 6.04 Å². The number of likely N-dealkylation sites (N-methyl/N-ethyl adjacent to an activating group) is 1. The number of rotatable bonds is 4. The van der Waals surface area contributed by atoms with Crippen LogP contribution in [0.4, 0.5) is 5.69 Å². The smallest absolute Gasteiger partial charge is 0.313 e. The lowest BCUT2D eigenvalue weighted by molar-refractivity contribution is -0.144. The van der Waals surface area contributed by atoms with Crippen LogP contribution in [0.5, 0.6) is 0 Å². The van der Waals surface area contributed by atoms with Crippen LogP contribution in [-0.4, -0.2) is 44.3 Å². The standard InChI is InChI=1S/C15H19N5O2/c1-4-19(11(2)3)15(22)14(21)18-12-5-7-13(8-6-12)20-16-9-10-17-20/h5-11H,4H2,1-3H3,(H,18,21). The van der Waals surface area contributed by atoms with Gasteiger partial charge in [0.15, 0.2) is 0 Å². The van der Waals surface area contributed by atoms with Crippen molar-refractivity contribution in [2.75, 3.05) is 11.9 Å². The quantitative estimate of drug-likeness (QED) is 0.867. The maximum Gasteiger partial charge on any atom is 0.313 e. The van der Waals surface area contributed by atoms with Crippen LogP contribution in [-0.2, 0) is 9.59 Å². The highest BCUT2D eigenvalue weighted by molar-refractivity contribution is 6.39. The van der Waals surface area contributed by atoms with Crippen LogP contribution >= 0.6 is 0 Å². The van der Waals surface area contributed by atoms with E-state index in [4.69, 9.17) is 0 Å². The number of nitrogens with one attached hydrogen (secondary N) is 1. The summed E-state index contributed by atoms with van der Waals surface area (Å²) in [7, 11) is 0. The molecule has 2 rings (SSSR count). The van der Waals surface area contributed by atoms with E-state index in [1.54, 1.807) is 36.7 Å². The third-order valence-corrected chi connectivity index (χ3v) is 3.19. The molecule has 0 aliphatic heterocycles. The predicted octanol–water partition coefficient (Wildman–Crippen LogP) is 1.46. The van der Waals surface area contributed by atoms with E-state index < -0.39 is 11.8 Å². The Morgan fingerprint density at radius 2 is 1.77 bits per heavy atom. The molecule has 7 heteroatoms. The lowest BCUT2D eigenvalue weighted by Gasteiger charge is -2.24. The summed E-state index contributed by atoms with van der Waals surface area (Å²) in [5.41, 5.74) is 1.32. The molecule has 2 amide bonds. The lowest BCUT2D eigenvalue weighted by atomic mass is 10.2. The van der Waals surface area contributed by atoms with Crippen LogP contribution in [0.25, 0.3) is 5.69 Å². The second kappa shape index (κ2) is 6.84. The first-order valence-corrected chi connectivity index (χ1v) is 7.11. The maximum atomic E-state index is 12.1. The van der Waals surface area contributed by atoms with Gasteiger partial charge in [-0.25, -0.2) is 0 Å². The van der Waals surface area contributed by atoms with Gasteiger partial charge < -0.3 is 10.2 Å². The minimum absolute atomic E-state index is 0.0171.